The Morgan fingerprint density at radius 1 is 0.347 bits per heavy atom. The number of furan rings is 2. The second-order valence-corrected chi connectivity index (χ2v) is 19.0. The summed E-state index contributed by atoms with van der Waals surface area (Å²) in [5, 5.41) is 23.3. The molecule has 0 amide bonds. The van der Waals surface area contributed by atoms with E-state index in [9.17, 15) is 5.26 Å². The van der Waals surface area contributed by atoms with E-state index in [0.717, 1.165) is 82.8 Å². The van der Waals surface area contributed by atoms with Crippen LogP contribution in [0.4, 0.5) is 34.1 Å². The average molecular weight is 924 g/mol. The fourth-order valence-electron chi connectivity index (χ4n) is 11.6. The highest BCUT2D eigenvalue weighted by Crippen LogP contribution is 2.46. The second kappa shape index (κ2) is 15.1. The predicted octanol–water partition coefficient (Wildman–Crippen LogP) is 17.9. The first-order valence-electron chi connectivity index (χ1n) is 24.2. The molecule has 4 aromatic heterocycles. The van der Waals surface area contributed by atoms with Gasteiger partial charge in [-0.15, -0.1) is 0 Å². The third-order valence-electron chi connectivity index (χ3n) is 15.0. The van der Waals surface area contributed by atoms with E-state index in [1.165, 1.54) is 43.6 Å². The predicted molar refractivity (Wildman–Crippen MR) is 298 cm³/mol. The second-order valence-electron chi connectivity index (χ2n) is 19.0. The van der Waals surface area contributed by atoms with Gasteiger partial charge in [0.1, 0.15) is 22.8 Å². The van der Waals surface area contributed by atoms with Gasteiger partial charge in [0.2, 0.25) is 0 Å². The van der Waals surface area contributed by atoms with Crippen molar-refractivity contribution in [2.45, 2.75) is 0 Å². The summed E-state index contributed by atoms with van der Waals surface area (Å²) in [6.45, 7) is 0. The van der Waals surface area contributed by atoms with Crippen molar-refractivity contribution < 1.29 is 8.83 Å². The standard InChI is InChI=1S/C65H41N5O2/c1-67-57-19-11-9-17-50(57)52-36-48(25-27-59(52)67)69(44-13-5-3-6-14-44)46-23-21-39-31-54-55-33-43(38-66)64-63(65(55)72-61(54)34-41(39)29-46)56-32-40-22-24-47(30-42(40)35-62(56)71-64)70(45-15-7-4-8-16-45)49-26-28-60-53(37-49)51-18-10-12-20-58(51)68(60)2/h3-37H,1-2H3. The summed E-state index contributed by atoms with van der Waals surface area (Å²) in [4.78, 5) is 4.63. The molecule has 0 aliphatic rings. The van der Waals surface area contributed by atoms with Gasteiger partial charge in [-0.1, -0.05) is 84.9 Å². The molecule has 15 aromatic rings. The SMILES string of the molecule is Cn1c2ccccc2c2cc(N(c3ccccc3)c3ccc4cc5c(cc4c3)oc3c5cc(C#N)c4oc5cc6cc(N(c7ccccc7)c7ccc8c(c7)c7ccccc7n8C)ccc6cc5c43)ccc21. The van der Waals surface area contributed by atoms with Crippen molar-refractivity contribution >= 4 is 143 Å². The summed E-state index contributed by atoms with van der Waals surface area (Å²) >= 11 is 0. The molecule has 0 atom stereocenters. The normalized spacial score (nSPS) is 12.0. The smallest absolute Gasteiger partial charge is 0.156 e. The molecule has 0 N–H and O–H groups in total. The Kier molecular flexibility index (Phi) is 8.43. The van der Waals surface area contributed by atoms with Gasteiger partial charge in [0.15, 0.2) is 5.58 Å². The number of aryl methyl sites for hydroxylation is 2. The van der Waals surface area contributed by atoms with Gasteiger partial charge in [-0.2, -0.15) is 5.26 Å². The highest BCUT2D eigenvalue weighted by Gasteiger charge is 2.23. The first-order chi connectivity index (χ1) is 35.5. The average Bonchev–Trinajstić information content (AvgIpc) is 4.15. The molecule has 0 spiro atoms. The van der Waals surface area contributed by atoms with Gasteiger partial charge in [0.25, 0.3) is 0 Å². The number of hydrogen-bond acceptors (Lipinski definition) is 5. The summed E-state index contributed by atoms with van der Waals surface area (Å²) in [7, 11) is 4.26. The molecule has 338 valence electrons. The molecule has 0 radical (unpaired) electrons. The summed E-state index contributed by atoms with van der Waals surface area (Å²) in [5.74, 6) is 0. The minimum Gasteiger partial charge on any atom is -0.455 e. The molecule has 0 saturated carbocycles. The maximum Gasteiger partial charge on any atom is 0.156 e. The fraction of sp³-hybridized carbons (Fsp3) is 0.0308. The zero-order valence-electron chi connectivity index (χ0n) is 39.3. The Hall–Kier alpha value is -9.77. The molecule has 72 heavy (non-hydrogen) atoms. The van der Waals surface area contributed by atoms with Crippen molar-refractivity contribution in [3.63, 3.8) is 0 Å². The first kappa shape index (κ1) is 40.1. The van der Waals surface area contributed by atoms with E-state index in [-0.39, 0.29) is 0 Å². The molecular weight excluding hydrogens is 883 g/mol. The zero-order chi connectivity index (χ0) is 47.8. The summed E-state index contributed by atoms with van der Waals surface area (Å²) in [6, 6.07) is 77.9. The van der Waals surface area contributed by atoms with E-state index in [0.29, 0.717) is 22.3 Å². The molecule has 0 fully saturated rings. The van der Waals surface area contributed by atoms with Crippen LogP contribution >= 0.6 is 0 Å². The van der Waals surface area contributed by atoms with Crippen molar-refractivity contribution in [1.29, 1.82) is 5.26 Å². The Balaban J connectivity index is 0.865. The summed E-state index contributed by atoms with van der Waals surface area (Å²) in [5.41, 5.74) is 14.3. The van der Waals surface area contributed by atoms with E-state index in [1.807, 2.05) is 6.07 Å². The van der Waals surface area contributed by atoms with E-state index in [1.54, 1.807) is 0 Å². The topological polar surface area (TPSA) is 66.4 Å². The van der Waals surface area contributed by atoms with Crippen LogP contribution in [-0.4, -0.2) is 9.13 Å². The lowest BCUT2D eigenvalue weighted by Gasteiger charge is -2.26. The molecule has 15 rings (SSSR count). The Morgan fingerprint density at radius 2 is 0.792 bits per heavy atom. The van der Waals surface area contributed by atoms with Gasteiger partial charge in [0.05, 0.1) is 10.9 Å². The molecule has 7 heteroatoms. The van der Waals surface area contributed by atoms with Gasteiger partial charge in [-0.3, -0.25) is 0 Å². The molecule has 0 saturated heterocycles. The third kappa shape index (κ3) is 5.84. The molecule has 4 heterocycles. The minimum absolute atomic E-state index is 0.470. The lowest BCUT2D eigenvalue weighted by Crippen LogP contribution is -2.09. The van der Waals surface area contributed by atoms with E-state index in [4.69, 9.17) is 8.83 Å². The molecule has 0 bridgehead atoms. The van der Waals surface area contributed by atoms with Crippen LogP contribution in [0.3, 0.4) is 0 Å². The van der Waals surface area contributed by atoms with Crippen LogP contribution in [0.25, 0.3) is 109 Å². The number of rotatable bonds is 6. The van der Waals surface area contributed by atoms with E-state index < -0.39 is 0 Å². The Bertz CT molecular complexity index is 4800. The molecular formula is C65H41N5O2. The summed E-state index contributed by atoms with van der Waals surface area (Å²) < 4.78 is 18.2. The number of benzene rings is 11. The Morgan fingerprint density at radius 3 is 1.33 bits per heavy atom. The van der Waals surface area contributed by atoms with Crippen LogP contribution in [0, 0.1) is 11.3 Å². The van der Waals surface area contributed by atoms with E-state index in [2.05, 4.69) is 245 Å². The van der Waals surface area contributed by atoms with Gasteiger partial charge in [-0.25, -0.2) is 0 Å². The van der Waals surface area contributed by atoms with Crippen LogP contribution in [0.5, 0.6) is 0 Å². The Labute approximate surface area is 412 Å². The van der Waals surface area contributed by atoms with Crippen molar-refractivity contribution in [3.05, 3.63) is 218 Å². The molecule has 0 aliphatic carbocycles. The van der Waals surface area contributed by atoms with Crippen LogP contribution < -0.4 is 9.80 Å². The van der Waals surface area contributed by atoms with Crippen molar-refractivity contribution in [2.24, 2.45) is 14.1 Å². The van der Waals surface area contributed by atoms with Gasteiger partial charge in [0, 0.05) is 108 Å². The number of nitriles is 1. The minimum atomic E-state index is 0.470. The van der Waals surface area contributed by atoms with Gasteiger partial charge >= 0.3 is 0 Å². The molecule has 11 aromatic carbocycles. The largest absolute Gasteiger partial charge is 0.455 e. The maximum atomic E-state index is 10.7. The molecule has 0 unspecified atom stereocenters. The van der Waals surface area contributed by atoms with Crippen LogP contribution in [0.1, 0.15) is 5.56 Å². The highest BCUT2D eigenvalue weighted by atomic mass is 16.3. The zero-order valence-corrected chi connectivity index (χ0v) is 39.3. The van der Waals surface area contributed by atoms with Crippen molar-refractivity contribution in [2.75, 3.05) is 9.80 Å². The van der Waals surface area contributed by atoms with Crippen LogP contribution in [0.15, 0.2) is 221 Å². The number of para-hydroxylation sites is 4. The van der Waals surface area contributed by atoms with Crippen molar-refractivity contribution in [3.8, 4) is 6.07 Å². The number of fused-ring (bicyclic) bond motifs is 15. The maximum absolute atomic E-state index is 10.7. The number of hydrogen-bond donors (Lipinski definition) is 0. The third-order valence-corrected chi connectivity index (χ3v) is 15.0. The fourth-order valence-corrected chi connectivity index (χ4v) is 11.6. The summed E-state index contributed by atoms with van der Waals surface area (Å²) in [6.07, 6.45) is 0. The highest BCUT2D eigenvalue weighted by molar-refractivity contribution is 6.25. The number of nitrogens with zero attached hydrogens (tertiary/aromatic N) is 5. The molecule has 0 aliphatic heterocycles. The number of anilines is 6. The van der Waals surface area contributed by atoms with Crippen LogP contribution in [0.2, 0.25) is 0 Å². The molecule has 7 nitrogen and oxygen atoms in total. The number of aromatic nitrogens is 2. The van der Waals surface area contributed by atoms with Crippen LogP contribution in [-0.2, 0) is 14.1 Å². The monoisotopic (exact) mass is 923 g/mol. The first-order valence-corrected chi connectivity index (χ1v) is 24.2. The van der Waals surface area contributed by atoms with Crippen molar-refractivity contribution in [1.82, 2.24) is 9.13 Å². The quantitative estimate of drug-likeness (QED) is 0.166. The van der Waals surface area contributed by atoms with Gasteiger partial charge in [-0.05, 0) is 149 Å². The van der Waals surface area contributed by atoms with Gasteiger partial charge < -0.3 is 27.8 Å². The lowest BCUT2D eigenvalue weighted by atomic mass is 10.0. The lowest BCUT2D eigenvalue weighted by molar-refractivity contribution is 0.662. The van der Waals surface area contributed by atoms with E-state index >= 15 is 0 Å².